The maximum atomic E-state index is 13.5. The van der Waals surface area contributed by atoms with Crippen LogP contribution in [0.5, 0.6) is 0 Å². The van der Waals surface area contributed by atoms with Crippen LogP contribution in [0.15, 0.2) is 60.7 Å². The SMILES string of the molecule is COC(=O)CCc1c(C(=O)OCc2ccccc2)[nH]c(Cc2[nH]c(C(=O)OCc3ccccc3)c(CC(=O)OC)c2CCC(=O)OC)c1C. The van der Waals surface area contributed by atoms with Crippen LogP contribution in [0.25, 0.3) is 0 Å². The van der Waals surface area contributed by atoms with Crippen molar-refractivity contribution in [3.63, 3.8) is 0 Å². The van der Waals surface area contributed by atoms with Gasteiger partial charge < -0.3 is 33.7 Å². The zero-order valence-electron chi connectivity index (χ0n) is 28.0. The van der Waals surface area contributed by atoms with E-state index >= 15 is 0 Å². The van der Waals surface area contributed by atoms with Gasteiger partial charge in [0.25, 0.3) is 0 Å². The molecule has 0 saturated heterocycles. The summed E-state index contributed by atoms with van der Waals surface area (Å²) in [5.41, 5.74) is 5.09. The number of hydrogen-bond acceptors (Lipinski definition) is 10. The van der Waals surface area contributed by atoms with Gasteiger partial charge in [0.15, 0.2) is 0 Å². The number of H-pyrrole nitrogens is 2. The predicted molar refractivity (Wildman–Crippen MR) is 177 cm³/mol. The fraction of sp³-hybridized carbons (Fsp3) is 0.324. The smallest absolute Gasteiger partial charge is 0.355 e. The van der Waals surface area contributed by atoms with Crippen LogP contribution in [0.4, 0.5) is 0 Å². The first-order valence-electron chi connectivity index (χ1n) is 15.7. The highest BCUT2D eigenvalue weighted by molar-refractivity contribution is 5.92. The number of esters is 5. The van der Waals surface area contributed by atoms with E-state index in [9.17, 15) is 24.0 Å². The lowest BCUT2D eigenvalue weighted by Gasteiger charge is -2.09. The second-order valence-electron chi connectivity index (χ2n) is 11.2. The molecule has 12 nitrogen and oxygen atoms in total. The maximum absolute atomic E-state index is 13.5. The van der Waals surface area contributed by atoms with Gasteiger partial charge in [-0.05, 0) is 53.1 Å². The van der Waals surface area contributed by atoms with Gasteiger partial charge in [-0.3, -0.25) is 14.4 Å². The first-order chi connectivity index (χ1) is 23.6. The van der Waals surface area contributed by atoms with Crippen molar-refractivity contribution in [1.29, 1.82) is 0 Å². The second-order valence-corrected chi connectivity index (χ2v) is 11.2. The minimum absolute atomic E-state index is 0.00305. The Bertz CT molecular complexity index is 1770. The number of methoxy groups -OCH3 is 3. The number of carbonyl (C=O) groups is 5. The Morgan fingerprint density at radius 3 is 1.51 bits per heavy atom. The maximum Gasteiger partial charge on any atom is 0.355 e. The number of ether oxygens (including phenoxy) is 5. The van der Waals surface area contributed by atoms with Gasteiger partial charge in [0.2, 0.25) is 0 Å². The van der Waals surface area contributed by atoms with E-state index in [0.29, 0.717) is 33.6 Å². The minimum atomic E-state index is -0.694. The van der Waals surface area contributed by atoms with Crippen LogP contribution >= 0.6 is 0 Å². The molecule has 0 aliphatic heterocycles. The van der Waals surface area contributed by atoms with Crippen LogP contribution in [0.3, 0.4) is 0 Å². The molecule has 0 radical (unpaired) electrons. The Kier molecular flexibility index (Phi) is 12.9. The molecular formula is C37H40N2O10. The molecule has 0 aliphatic carbocycles. The topological polar surface area (TPSA) is 163 Å². The van der Waals surface area contributed by atoms with Gasteiger partial charge in [0.05, 0.1) is 27.8 Å². The average molecular weight is 673 g/mol. The lowest BCUT2D eigenvalue weighted by atomic mass is 9.97. The fourth-order valence-electron chi connectivity index (χ4n) is 5.45. The summed E-state index contributed by atoms with van der Waals surface area (Å²) >= 11 is 0. The molecular weight excluding hydrogens is 632 g/mol. The Morgan fingerprint density at radius 2 is 1.02 bits per heavy atom. The normalized spacial score (nSPS) is 10.7. The van der Waals surface area contributed by atoms with Crippen LogP contribution < -0.4 is 0 Å². The molecule has 4 rings (SSSR count). The summed E-state index contributed by atoms with van der Waals surface area (Å²) in [6, 6.07) is 18.4. The van der Waals surface area contributed by atoms with Crippen LogP contribution in [-0.4, -0.2) is 61.1 Å². The third-order valence-electron chi connectivity index (χ3n) is 8.14. The van der Waals surface area contributed by atoms with Crippen LogP contribution in [0, 0.1) is 6.92 Å². The van der Waals surface area contributed by atoms with Crippen molar-refractivity contribution < 1.29 is 47.7 Å². The number of carbonyl (C=O) groups excluding carboxylic acids is 5. The van der Waals surface area contributed by atoms with E-state index in [2.05, 4.69) is 9.97 Å². The van der Waals surface area contributed by atoms with Gasteiger partial charge in [0.1, 0.15) is 24.6 Å². The highest BCUT2D eigenvalue weighted by atomic mass is 16.5. The van der Waals surface area contributed by atoms with E-state index in [1.807, 2.05) is 67.6 Å². The summed E-state index contributed by atoms with van der Waals surface area (Å²) in [4.78, 5) is 70.1. The third-order valence-corrected chi connectivity index (χ3v) is 8.14. The molecule has 0 saturated carbocycles. The number of benzene rings is 2. The Balaban J connectivity index is 1.73. The molecule has 0 bridgehead atoms. The predicted octanol–water partition coefficient (Wildman–Crippen LogP) is 4.88. The molecule has 0 unspecified atom stereocenters. The number of aromatic amines is 2. The van der Waals surface area contributed by atoms with Gasteiger partial charge in [-0.15, -0.1) is 0 Å². The van der Waals surface area contributed by atoms with Crippen LogP contribution in [-0.2, 0) is 77.0 Å². The lowest BCUT2D eigenvalue weighted by molar-refractivity contribution is -0.141. The quantitative estimate of drug-likeness (QED) is 0.124. The van der Waals surface area contributed by atoms with Crippen molar-refractivity contribution in [3.05, 3.63) is 117 Å². The molecule has 49 heavy (non-hydrogen) atoms. The number of nitrogens with one attached hydrogen (secondary N) is 2. The highest BCUT2D eigenvalue weighted by Gasteiger charge is 2.28. The molecule has 2 aromatic heterocycles. The number of aromatic nitrogens is 2. The van der Waals surface area contributed by atoms with Gasteiger partial charge >= 0.3 is 29.8 Å². The largest absolute Gasteiger partial charge is 0.469 e. The van der Waals surface area contributed by atoms with Crippen molar-refractivity contribution >= 4 is 29.8 Å². The monoisotopic (exact) mass is 672 g/mol. The zero-order valence-corrected chi connectivity index (χ0v) is 28.0. The van der Waals surface area contributed by atoms with Crippen molar-refractivity contribution in [3.8, 4) is 0 Å². The summed E-state index contributed by atoms with van der Waals surface area (Å²) in [5.74, 6) is -2.81. The molecule has 2 aromatic carbocycles. The van der Waals surface area contributed by atoms with Gasteiger partial charge in [0, 0.05) is 30.7 Å². The molecule has 4 aromatic rings. The number of hydrogen-bond donors (Lipinski definition) is 2. The average Bonchev–Trinajstić information content (AvgIpc) is 3.63. The standard InChI is InChI=1S/C37H40N2O10/c1-23-26(15-17-31(40)45-2)34(36(43)48-21-24-11-7-5-8-12-24)38-29(23)20-30-27(16-18-32(41)46-3)28(19-33(42)47-4)35(39-30)37(44)49-22-25-13-9-6-10-14-25/h5-14,38-39H,15-22H2,1-4H3. The van der Waals surface area contributed by atoms with Crippen molar-refractivity contribution in [2.24, 2.45) is 0 Å². The molecule has 0 atom stereocenters. The van der Waals surface area contributed by atoms with Crippen molar-refractivity contribution in [2.75, 3.05) is 21.3 Å². The van der Waals surface area contributed by atoms with Gasteiger partial charge in [-0.25, -0.2) is 9.59 Å². The zero-order chi connectivity index (χ0) is 35.3. The summed E-state index contributed by atoms with van der Waals surface area (Å²) in [5, 5.41) is 0. The summed E-state index contributed by atoms with van der Waals surface area (Å²) in [6.45, 7) is 1.86. The van der Waals surface area contributed by atoms with E-state index in [4.69, 9.17) is 23.7 Å². The van der Waals surface area contributed by atoms with Crippen molar-refractivity contribution in [2.45, 2.75) is 58.7 Å². The first kappa shape index (κ1) is 36.2. The van der Waals surface area contributed by atoms with E-state index in [1.54, 1.807) is 0 Å². The molecule has 2 N–H and O–H groups in total. The summed E-state index contributed by atoms with van der Waals surface area (Å²) in [6.07, 6.45) is 0.220. The molecule has 0 fully saturated rings. The molecule has 2 heterocycles. The molecule has 0 amide bonds. The van der Waals surface area contributed by atoms with Gasteiger partial charge in [-0.2, -0.15) is 0 Å². The molecule has 12 heteroatoms. The fourth-order valence-corrected chi connectivity index (χ4v) is 5.45. The number of rotatable bonds is 16. The molecule has 0 aliphatic rings. The van der Waals surface area contributed by atoms with E-state index in [-0.39, 0.29) is 63.1 Å². The van der Waals surface area contributed by atoms with Crippen LogP contribution in [0.2, 0.25) is 0 Å². The Hall–Kier alpha value is -5.65. The van der Waals surface area contributed by atoms with Gasteiger partial charge in [-0.1, -0.05) is 60.7 Å². The molecule has 0 spiro atoms. The second kappa shape index (κ2) is 17.5. The summed E-state index contributed by atoms with van der Waals surface area (Å²) < 4.78 is 25.9. The lowest BCUT2D eigenvalue weighted by Crippen LogP contribution is -2.13. The van der Waals surface area contributed by atoms with Crippen molar-refractivity contribution in [1.82, 2.24) is 9.97 Å². The van der Waals surface area contributed by atoms with E-state index in [0.717, 1.165) is 11.1 Å². The Labute approximate surface area is 284 Å². The Morgan fingerprint density at radius 1 is 0.571 bits per heavy atom. The highest BCUT2D eigenvalue weighted by Crippen LogP contribution is 2.29. The van der Waals surface area contributed by atoms with E-state index < -0.39 is 29.8 Å². The van der Waals surface area contributed by atoms with Crippen LogP contribution in [0.1, 0.15) is 78.6 Å². The first-order valence-corrected chi connectivity index (χ1v) is 15.7. The molecule has 258 valence electrons. The third kappa shape index (κ3) is 9.69. The summed E-state index contributed by atoms with van der Waals surface area (Å²) in [7, 11) is 3.81. The minimum Gasteiger partial charge on any atom is -0.469 e. The van der Waals surface area contributed by atoms with E-state index in [1.165, 1.54) is 21.3 Å².